The zero-order valence-electron chi connectivity index (χ0n) is 23.7. The number of ether oxygens (including phenoxy) is 1. The molecule has 3 unspecified atom stereocenters. The number of esters is 1. The third-order valence-electron chi connectivity index (χ3n) is 13.3. The van der Waals surface area contributed by atoms with Gasteiger partial charge in [-0.25, -0.2) is 0 Å². The maximum absolute atomic E-state index is 14.4. The van der Waals surface area contributed by atoms with E-state index in [0.717, 1.165) is 38.5 Å². The highest BCUT2D eigenvalue weighted by Crippen LogP contribution is 2.75. The van der Waals surface area contributed by atoms with Gasteiger partial charge in [0, 0.05) is 5.92 Å². The Bertz CT molecular complexity index is 999. The molecule has 0 bridgehead atoms. The molecule has 36 heavy (non-hydrogen) atoms. The van der Waals surface area contributed by atoms with Crippen LogP contribution in [0, 0.1) is 56.7 Å². The van der Waals surface area contributed by atoms with Crippen LogP contribution in [0.5, 0.6) is 0 Å². The van der Waals surface area contributed by atoms with Gasteiger partial charge in [-0.3, -0.25) is 9.59 Å². The SMILES string of the molecule is COC(=O)[C@]12CC[C@@H](C)[C@H](C)C1C1=CC(=O)C3[C@@]4(C)C[C@@H](O)[C@H](O)C(C)(C)C4CC[C@@]3(C)[C@]1(C)CC2. The predicted molar refractivity (Wildman–Crippen MR) is 139 cm³/mol. The van der Waals surface area contributed by atoms with Crippen LogP contribution < -0.4 is 0 Å². The van der Waals surface area contributed by atoms with E-state index < -0.39 is 23.0 Å². The summed E-state index contributed by atoms with van der Waals surface area (Å²) in [6.07, 6.45) is 6.19. The summed E-state index contributed by atoms with van der Waals surface area (Å²) in [4.78, 5) is 27.7. The van der Waals surface area contributed by atoms with Gasteiger partial charge >= 0.3 is 5.97 Å². The van der Waals surface area contributed by atoms with Crippen LogP contribution in [-0.2, 0) is 14.3 Å². The Labute approximate surface area is 217 Å². The average Bonchev–Trinajstić information content (AvgIpc) is 2.80. The second kappa shape index (κ2) is 7.91. The van der Waals surface area contributed by atoms with Crippen molar-refractivity contribution in [3.63, 3.8) is 0 Å². The molecule has 0 aromatic heterocycles. The highest BCUT2D eigenvalue weighted by Gasteiger charge is 2.72. The first-order valence-electron chi connectivity index (χ1n) is 14.3. The third kappa shape index (κ3) is 2.96. The Balaban J connectivity index is 1.67. The van der Waals surface area contributed by atoms with Crippen molar-refractivity contribution in [1.82, 2.24) is 0 Å². The lowest BCUT2D eigenvalue weighted by Gasteiger charge is -2.70. The van der Waals surface area contributed by atoms with Gasteiger partial charge in [0.15, 0.2) is 5.78 Å². The molecule has 4 fully saturated rings. The van der Waals surface area contributed by atoms with Crippen LogP contribution >= 0.6 is 0 Å². The molecule has 5 nitrogen and oxygen atoms in total. The molecule has 5 rings (SSSR count). The van der Waals surface area contributed by atoms with Crippen molar-refractivity contribution < 1.29 is 24.5 Å². The van der Waals surface area contributed by atoms with Crippen molar-refractivity contribution >= 4 is 11.8 Å². The molecule has 0 spiro atoms. The average molecular weight is 501 g/mol. The molecule has 0 aromatic carbocycles. The lowest BCUT2D eigenvalue weighted by atomic mass is 9.33. The Morgan fingerprint density at radius 3 is 2.31 bits per heavy atom. The van der Waals surface area contributed by atoms with E-state index >= 15 is 0 Å². The van der Waals surface area contributed by atoms with Crippen LogP contribution in [-0.4, -0.2) is 41.3 Å². The van der Waals surface area contributed by atoms with Crippen LogP contribution in [0.1, 0.15) is 93.4 Å². The lowest BCUT2D eigenvalue weighted by Crippen LogP contribution is -2.69. The summed E-state index contributed by atoms with van der Waals surface area (Å²) in [5.74, 6) is 0.833. The monoisotopic (exact) mass is 500 g/mol. The van der Waals surface area contributed by atoms with E-state index in [2.05, 4.69) is 48.5 Å². The second-order valence-corrected chi connectivity index (χ2v) is 14.8. The van der Waals surface area contributed by atoms with E-state index in [1.165, 1.54) is 12.7 Å². The minimum absolute atomic E-state index is 0.0231. The van der Waals surface area contributed by atoms with Gasteiger partial charge in [-0.2, -0.15) is 0 Å². The fraction of sp³-hybridized carbons (Fsp3) is 0.871. The normalized spacial score (nSPS) is 53.8. The molecular formula is C31H48O5. The molecule has 11 atom stereocenters. The largest absolute Gasteiger partial charge is 0.469 e. The van der Waals surface area contributed by atoms with E-state index in [9.17, 15) is 19.8 Å². The van der Waals surface area contributed by atoms with Crippen LogP contribution in [0.2, 0.25) is 0 Å². The molecule has 202 valence electrons. The summed E-state index contributed by atoms with van der Waals surface area (Å²) in [6, 6.07) is 0. The van der Waals surface area contributed by atoms with Crippen LogP contribution in [0.25, 0.3) is 0 Å². The third-order valence-corrected chi connectivity index (χ3v) is 13.3. The molecule has 0 aliphatic heterocycles. The molecule has 0 aromatic rings. The molecule has 0 heterocycles. The highest BCUT2D eigenvalue weighted by atomic mass is 16.5. The molecule has 5 aliphatic carbocycles. The summed E-state index contributed by atoms with van der Waals surface area (Å²) >= 11 is 0. The number of hydrogen-bond acceptors (Lipinski definition) is 5. The minimum Gasteiger partial charge on any atom is -0.469 e. The summed E-state index contributed by atoms with van der Waals surface area (Å²) in [6.45, 7) is 15.6. The minimum atomic E-state index is -0.827. The van der Waals surface area contributed by atoms with Gasteiger partial charge in [0.25, 0.3) is 0 Å². The highest BCUT2D eigenvalue weighted by molar-refractivity contribution is 5.96. The number of aliphatic hydroxyl groups excluding tert-OH is 2. The van der Waals surface area contributed by atoms with Crippen LogP contribution in [0.15, 0.2) is 11.6 Å². The van der Waals surface area contributed by atoms with E-state index in [4.69, 9.17) is 4.74 Å². The lowest BCUT2D eigenvalue weighted by molar-refractivity contribution is -0.228. The topological polar surface area (TPSA) is 83.8 Å². The smallest absolute Gasteiger partial charge is 0.312 e. The molecule has 0 saturated heterocycles. The number of rotatable bonds is 1. The molecule has 0 radical (unpaired) electrons. The number of aliphatic hydroxyl groups is 2. The second-order valence-electron chi connectivity index (χ2n) is 14.8. The molecule has 2 N–H and O–H groups in total. The zero-order valence-corrected chi connectivity index (χ0v) is 23.7. The van der Waals surface area contributed by atoms with Crippen molar-refractivity contribution in [2.45, 2.75) is 106 Å². The number of methoxy groups -OCH3 is 1. The molecule has 4 saturated carbocycles. The summed E-state index contributed by atoms with van der Waals surface area (Å²) in [5, 5.41) is 21.9. The quantitative estimate of drug-likeness (QED) is 0.476. The van der Waals surface area contributed by atoms with Crippen molar-refractivity contribution in [3.05, 3.63) is 11.6 Å². The first-order valence-corrected chi connectivity index (χ1v) is 14.3. The number of allylic oxidation sites excluding steroid dienone is 2. The van der Waals surface area contributed by atoms with E-state index in [1.807, 2.05) is 6.08 Å². The Morgan fingerprint density at radius 2 is 1.67 bits per heavy atom. The maximum Gasteiger partial charge on any atom is 0.312 e. The van der Waals surface area contributed by atoms with Gasteiger partial charge in [-0.15, -0.1) is 0 Å². The number of hydrogen-bond donors (Lipinski definition) is 2. The first-order chi connectivity index (χ1) is 16.6. The van der Waals surface area contributed by atoms with E-state index in [-0.39, 0.29) is 45.8 Å². The standard InChI is InChI=1S/C31H48O5/c1-17-9-12-31(26(35)36-8)14-13-29(6)19(23(31)18(17)2)15-20(32)24-28(5)16-21(33)25(34)27(3,4)22(28)10-11-30(24,29)7/h15,17-18,21-25,33-34H,9-14,16H2,1-8H3/t17-,18+,21-,22?,23?,24?,25+,28+,29-,30-,31+/m1/s1. The summed E-state index contributed by atoms with van der Waals surface area (Å²) < 4.78 is 5.43. The first kappa shape index (κ1) is 26.4. The number of fused-ring (bicyclic) bond motifs is 7. The number of carbonyl (C=O) groups excluding carboxylic acids is 2. The Hall–Kier alpha value is -1.20. The van der Waals surface area contributed by atoms with E-state index in [1.54, 1.807) is 0 Å². The Kier molecular flexibility index (Phi) is 5.80. The van der Waals surface area contributed by atoms with E-state index in [0.29, 0.717) is 18.3 Å². The number of ketones is 1. The molecule has 5 aliphatic rings. The predicted octanol–water partition coefficient (Wildman–Crippen LogP) is 5.33. The number of carbonyl (C=O) groups is 2. The fourth-order valence-corrected chi connectivity index (χ4v) is 11.0. The van der Waals surface area contributed by atoms with Gasteiger partial charge in [-0.1, -0.05) is 54.0 Å². The fourth-order valence-electron chi connectivity index (χ4n) is 11.0. The Morgan fingerprint density at radius 1 is 1.00 bits per heavy atom. The summed E-state index contributed by atoms with van der Waals surface area (Å²) in [5.41, 5.74) is -0.652. The summed E-state index contributed by atoms with van der Waals surface area (Å²) in [7, 11) is 1.51. The maximum atomic E-state index is 14.4. The van der Waals surface area contributed by atoms with Gasteiger partial charge in [0.1, 0.15) is 0 Å². The van der Waals surface area contributed by atoms with Crippen molar-refractivity contribution in [2.75, 3.05) is 7.11 Å². The molecule has 0 amide bonds. The van der Waals surface area contributed by atoms with Gasteiger partial charge in [0.05, 0.1) is 24.7 Å². The van der Waals surface area contributed by atoms with Crippen LogP contribution in [0.3, 0.4) is 0 Å². The zero-order chi connectivity index (χ0) is 26.6. The van der Waals surface area contributed by atoms with Gasteiger partial charge < -0.3 is 14.9 Å². The van der Waals surface area contributed by atoms with Crippen molar-refractivity contribution in [1.29, 1.82) is 0 Å². The van der Waals surface area contributed by atoms with Crippen LogP contribution in [0.4, 0.5) is 0 Å². The molecule has 5 heteroatoms. The van der Waals surface area contributed by atoms with Gasteiger partial charge in [0.2, 0.25) is 0 Å². The van der Waals surface area contributed by atoms with Crippen molar-refractivity contribution in [3.8, 4) is 0 Å². The molecular weight excluding hydrogens is 452 g/mol. The van der Waals surface area contributed by atoms with Crippen molar-refractivity contribution in [2.24, 2.45) is 56.7 Å². The van der Waals surface area contributed by atoms with Gasteiger partial charge in [-0.05, 0) is 96.4 Å².